The fourth-order valence-electron chi connectivity index (χ4n) is 3.31. The van der Waals surface area contributed by atoms with Crippen LogP contribution in [-0.2, 0) is 13.6 Å². The molecule has 1 aromatic heterocycles. The highest BCUT2D eigenvalue weighted by molar-refractivity contribution is 6.34. The Balaban J connectivity index is 1.55. The normalized spacial score (nSPS) is 13.0. The summed E-state index contributed by atoms with van der Waals surface area (Å²) in [4.78, 5) is 38.9. The first-order valence-corrected chi connectivity index (χ1v) is 8.81. The van der Waals surface area contributed by atoms with Crippen LogP contribution in [0.25, 0.3) is 0 Å². The molecule has 2 aromatic carbocycles. The van der Waals surface area contributed by atoms with E-state index < -0.39 is 0 Å². The number of aromatic nitrogens is 2. The van der Waals surface area contributed by atoms with Crippen LogP contribution in [0.5, 0.6) is 0 Å². The number of nitrogens with zero attached hydrogens (tertiary/aromatic N) is 3. The highest BCUT2D eigenvalue weighted by Crippen LogP contribution is 2.28. The highest BCUT2D eigenvalue weighted by Gasteiger charge is 2.36. The first-order valence-electron chi connectivity index (χ1n) is 8.81. The molecular formula is C21H18N4O3. The second-order valence-electron chi connectivity index (χ2n) is 6.62. The van der Waals surface area contributed by atoms with Gasteiger partial charge in [0.15, 0.2) is 0 Å². The number of amides is 3. The van der Waals surface area contributed by atoms with Gasteiger partial charge in [0.1, 0.15) is 0 Å². The smallest absolute Gasteiger partial charge is 0.266 e. The molecule has 7 heteroatoms. The van der Waals surface area contributed by atoms with Gasteiger partial charge in [-0.15, -0.1) is 0 Å². The van der Waals surface area contributed by atoms with Crippen LogP contribution in [0.1, 0.15) is 42.5 Å². The summed E-state index contributed by atoms with van der Waals surface area (Å²) in [7, 11) is 1.82. The molecular weight excluding hydrogens is 356 g/mol. The summed E-state index contributed by atoms with van der Waals surface area (Å²) in [6.45, 7) is 2.21. The van der Waals surface area contributed by atoms with E-state index in [4.69, 9.17) is 0 Å². The average Bonchev–Trinajstić information content (AvgIpc) is 3.15. The molecule has 0 bridgehead atoms. The van der Waals surface area contributed by atoms with Gasteiger partial charge in [-0.3, -0.25) is 19.1 Å². The van der Waals surface area contributed by atoms with Crippen LogP contribution < -0.4 is 10.2 Å². The van der Waals surface area contributed by atoms with Crippen molar-refractivity contribution in [2.24, 2.45) is 7.05 Å². The average molecular weight is 374 g/mol. The van der Waals surface area contributed by atoms with Gasteiger partial charge < -0.3 is 5.32 Å². The molecule has 28 heavy (non-hydrogen) atoms. The van der Waals surface area contributed by atoms with Gasteiger partial charge in [0.25, 0.3) is 17.7 Å². The zero-order valence-corrected chi connectivity index (χ0v) is 15.5. The number of hydrogen-bond donors (Lipinski definition) is 1. The number of fused-ring (bicyclic) bond motifs is 1. The van der Waals surface area contributed by atoms with Gasteiger partial charge in [-0.05, 0) is 43.3 Å². The van der Waals surface area contributed by atoms with E-state index in [1.54, 1.807) is 53.2 Å². The summed E-state index contributed by atoms with van der Waals surface area (Å²) < 4.78 is 1.71. The zero-order valence-electron chi connectivity index (χ0n) is 15.5. The predicted molar refractivity (Wildman–Crippen MR) is 103 cm³/mol. The second kappa shape index (κ2) is 6.77. The van der Waals surface area contributed by atoms with Gasteiger partial charge >= 0.3 is 0 Å². The molecule has 0 saturated heterocycles. The summed E-state index contributed by atoms with van der Waals surface area (Å²) in [5.41, 5.74) is 3.23. The van der Waals surface area contributed by atoms with Crippen molar-refractivity contribution in [3.05, 3.63) is 82.7 Å². The number of rotatable bonds is 4. The van der Waals surface area contributed by atoms with Crippen LogP contribution in [0, 0.1) is 6.92 Å². The fraction of sp³-hybridized carbons (Fsp3) is 0.143. The lowest BCUT2D eigenvalue weighted by Gasteiger charge is -2.15. The third-order valence-corrected chi connectivity index (χ3v) is 4.69. The molecule has 0 atom stereocenters. The summed E-state index contributed by atoms with van der Waals surface area (Å²) in [6, 6.07) is 15.1. The van der Waals surface area contributed by atoms with Crippen LogP contribution in [0.4, 0.5) is 5.69 Å². The minimum atomic E-state index is -0.386. The van der Waals surface area contributed by atoms with Gasteiger partial charge in [0.05, 0.1) is 34.7 Å². The van der Waals surface area contributed by atoms with Crippen molar-refractivity contribution in [3.63, 3.8) is 0 Å². The summed E-state index contributed by atoms with van der Waals surface area (Å²) in [5.74, 6) is -1.07. The molecule has 4 rings (SSSR count). The number of benzene rings is 2. The molecule has 3 aromatic rings. The maximum absolute atomic E-state index is 12.6. The van der Waals surface area contributed by atoms with Gasteiger partial charge in [0, 0.05) is 12.6 Å². The van der Waals surface area contributed by atoms with E-state index in [-0.39, 0.29) is 17.7 Å². The lowest BCUT2D eigenvalue weighted by atomic mass is 10.1. The number of hydrogen-bond acceptors (Lipinski definition) is 4. The van der Waals surface area contributed by atoms with Crippen LogP contribution >= 0.6 is 0 Å². The molecule has 0 aliphatic carbocycles. The summed E-state index contributed by atoms with van der Waals surface area (Å²) in [5, 5.41) is 7.09. The van der Waals surface area contributed by atoms with E-state index in [9.17, 15) is 14.4 Å². The molecule has 2 heterocycles. The molecule has 7 nitrogen and oxygen atoms in total. The maximum atomic E-state index is 12.6. The van der Waals surface area contributed by atoms with Crippen LogP contribution in [0.15, 0.2) is 54.6 Å². The molecule has 0 spiro atoms. The standard InChI is InChI=1S/C21H18N4O3/c1-13-10-16(24(2)23-13)12-22-19(26)14-6-5-7-15(11-14)25-20(27)17-8-3-4-9-18(17)21(25)28/h3-11H,12H2,1-2H3,(H,22,26). The number of nitrogens with one attached hydrogen (secondary N) is 1. The molecule has 0 radical (unpaired) electrons. The number of imide groups is 1. The Hall–Kier alpha value is -3.74. The third-order valence-electron chi connectivity index (χ3n) is 4.69. The minimum Gasteiger partial charge on any atom is -0.346 e. The molecule has 0 fully saturated rings. The first kappa shape index (κ1) is 17.7. The van der Waals surface area contributed by atoms with Crippen molar-refractivity contribution >= 4 is 23.4 Å². The lowest BCUT2D eigenvalue weighted by molar-refractivity contribution is 0.0919. The minimum absolute atomic E-state index is 0.294. The predicted octanol–water partition coefficient (Wildman–Crippen LogP) is 2.46. The summed E-state index contributed by atoms with van der Waals surface area (Å²) in [6.07, 6.45) is 0. The fourth-order valence-corrected chi connectivity index (χ4v) is 3.31. The maximum Gasteiger partial charge on any atom is 0.266 e. The molecule has 1 aliphatic heterocycles. The zero-order chi connectivity index (χ0) is 19.8. The third kappa shape index (κ3) is 2.96. The Bertz CT molecular complexity index is 1080. The lowest BCUT2D eigenvalue weighted by Crippen LogP contribution is -2.30. The van der Waals surface area contributed by atoms with Gasteiger partial charge in [-0.25, -0.2) is 4.90 Å². The number of carbonyl (C=O) groups excluding carboxylic acids is 3. The van der Waals surface area contributed by atoms with Crippen molar-refractivity contribution in [3.8, 4) is 0 Å². The molecule has 140 valence electrons. The van der Waals surface area contributed by atoms with Crippen LogP contribution in [0.3, 0.4) is 0 Å². The first-order chi connectivity index (χ1) is 13.5. The van der Waals surface area contributed by atoms with E-state index in [1.807, 2.05) is 20.0 Å². The Labute approximate surface area is 161 Å². The molecule has 0 saturated carbocycles. The highest BCUT2D eigenvalue weighted by atomic mass is 16.2. The van der Waals surface area contributed by atoms with E-state index in [2.05, 4.69) is 10.4 Å². The number of anilines is 1. The Kier molecular flexibility index (Phi) is 4.27. The largest absolute Gasteiger partial charge is 0.346 e. The molecule has 3 amide bonds. The SMILES string of the molecule is Cc1cc(CNC(=O)c2cccc(N3C(=O)c4ccccc4C3=O)c2)n(C)n1. The van der Waals surface area contributed by atoms with Crippen molar-refractivity contribution in [2.75, 3.05) is 4.90 Å². The van der Waals surface area contributed by atoms with Gasteiger partial charge in [-0.1, -0.05) is 18.2 Å². The quantitative estimate of drug-likeness (QED) is 0.711. The Morgan fingerprint density at radius 2 is 1.68 bits per heavy atom. The topological polar surface area (TPSA) is 84.3 Å². The molecule has 1 aliphatic rings. The van der Waals surface area contributed by atoms with E-state index >= 15 is 0 Å². The van der Waals surface area contributed by atoms with E-state index in [1.165, 1.54) is 0 Å². The van der Waals surface area contributed by atoms with Crippen LogP contribution in [-0.4, -0.2) is 27.5 Å². The van der Waals surface area contributed by atoms with E-state index in [0.29, 0.717) is 28.9 Å². The van der Waals surface area contributed by atoms with Gasteiger partial charge in [-0.2, -0.15) is 5.10 Å². The second-order valence-corrected chi connectivity index (χ2v) is 6.62. The molecule has 0 unspecified atom stereocenters. The van der Waals surface area contributed by atoms with Crippen molar-refractivity contribution in [1.29, 1.82) is 0 Å². The molecule has 1 N–H and O–H groups in total. The Morgan fingerprint density at radius 3 is 2.29 bits per heavy atom. The monoisotopic (exact) mass is 374 g/mol. The van der Waals surface area contributed by atoms with Crippen LogP contribution in [0.2, 0.25) is 0 Å². The van der Waals surface area contributed by atoms with Gasteiger partial charge in [0.2, 0.25) is 0 Å². The van der Waals surface area contributed by atoms with E-state index in [0.717, 1.165) is 16.3 Å². The van der Waals surface area contributed by atoms with Crippen molar-refractivity contribution < 1.29 is 14.4 Å². The number of carbonyl (C=O) groups is 3. The Morgan fingerprint density at radius 1 is 1.00 bits per heavy atom. The summed E-state index contributed by atoms with van der Waals surface area (Å²) >= 11 is 0. The van der Waals surface area contributed by atoms with Crippen molar-refractivity contribution in [2.45, 2.75) is 13.5 Å². The number of aryl methyl sites for hydroxylation is 2. The van der Waals surface area contributed by atoms with Crippen molar-refractivity contribution in [1.82, 2.24) is 15.1 Å².